The zero-order valence-electron chi connectivity index (χ0n) is 11.6. The topological polar surface area (TPSA) is 43.4 Å². The standard InChI is InChI=1S/C15H20N2O2/c1-11(2)16-8-9-19-15-14-5-4-13(18-3)10-12(14)6-7-17-15/h4-7,10-11,16H,8-9H2,1-3H3. The molecule has 0 aliphatic carbocycles. The van der Waals surface area contributed by atoms with Crippen molar-refractivity contribution in [2.24, 2.45) is 0 Å². The monoisotopic (exact) mass is 260 g/mol. The van der Waals surface area contributed by atoms with Crippen LogP contribution in [0, 0.1) is 0 Å². The first-order valence-corrected chi connectivity index (χ1v) is 6.49. The van der Waals surface area contributed by atoms with Gasteiger partial charge in [-0.15, -0.1) is 0 Å². The third-order valence-corrected chi connectivity index (χ3v) is 2.83. The molecule has 0 radical (unpaired) electrons. The Balaban J connectivity index is 2.10. The summed E-state index contributed by atoms with van der Waals surface area (Å²) in [7, 11) is 1.66. The molecule has 19 heavy (non-hydrogen) atoms. The van der Waals surface area contributed by atoms with Gasteiger partial charge in [0.1, 0.15) is 12.4 Å². The first-order valence-electron chi connectivity index (χ1n) is 6.49. The van der Waals surface area contributed by atoms with E-state index in [4.69, 9.17) is 9.47 Å². The Morgan fingerprint density at radius 2 is 2.11 bits per heavy atom. The van der Waals surface area contributed by atoms with Crippen molar-refractivity contribution < 1.29 is 9.47 Å². The van der Waals surface area contributed by atoms with Gasteiger partial charge in [0, 0.05) is 24.2 Å². The molecule has 1 heterocycles. The molecule has 0 saturated heterocycles. The number of nitrogens with one attached hydrogen (secondary N) is 1. The SMILES string of the molecule is COc1ccc2c(OCCNC(C)C)nccc2c1. The van der Waals surface area contributed by atoms with E-state index < -0.39 is 0 Å². The lowest BCUT2D eigenvalue weighted by Crippen LogP contribution is -2.27. The first-order chi connectivity index (χ1) is 9.20. The number of benzene rings is 1. The van der Waals surface area contributed by atoms with E-state index in [2.05, 4.69) is 24.1 Å². The Bertz CT molecular complexity index is 541. The van der Waals surface area contributed by atoms with Gasteiger partial charge in [-0.05, 0) is 29.7 Å². The summed E-state index contributed by atoms with van der Waals surface area (Å²) in [5, 5.41) is 5.39. The molecule has 0 fully saturated rings. The number of rotatable bonds is 6. The molecule has 4 nitrogen and oxygen atoms in total. The number of nitrogens with zero attached hydrogens (tertiary/aromatic N) is 1. The third-order valence-electron chi connectivity index (χ3n) is 2.83. The Hall–Kier alpha value is -1.81. The molecule has 0 spiro atoms. The van der Waals surface area contributed by atoms with Gasteiger partial charge in [0.05, 0.1) is 7.11 Å². The molecule has 0 bridgehead atoms. The fourth-order valence-electron chi connectivity index (χ4n) is 1.87. The quantitative estimate of drug-likeness (QED) is 0.811. The highest BCUT2D eigenvalue weighted by molar-refractivity contribution is 5.87. The van der Waals surface area contributed by atoms with Crippen LogP contribution in [0.3, 0.4) is 0 Å². The van der Waals surface area contributed by atoms with E-state index in [1.54, 1.807) is 13.3 Å². The smallest absolute Gasteiger partial charge is 0.221 e. The second-order valence-corrected chi connectivity index (χ2v) is 4.66. The van der Waals surface area contributed by atoms with Crippen molar-refractivity contribution >= 4 is 10.8 Å². The van der Waals surface area contributed by atoms with E-state index in [1.807, 2.05) is 24.3 Å². The number of pyridine rings is 1. The first kappa shape index (κ1) is 13.6. The van der Waals surface area contributed by atoms with Crippen LogP contribution < -0.4 is 14.8 Å². The van der Waals surface area contributed by atoms with Crippen molar-refractivity contribution in [1.29, 1.82) is 0 Å². The summed E-state index contributed by atoms with van der Waals surface area (Å²) in [6.45, 7) is 5.65. The maximum absolute atomic E-state index is 5.73. The molecule has 0 amide bonds. The molecule has 2 aromatic rings. The maximum Gasteiger partial charge on any atom is 0.221 e. The molecule has 0 aliphatic rings. The minimum Gasteiger partial charge on any atom is -0.497 e. The predicted octanol–water partition coefficient (Wildman–Crippen LogP) is 2.62. The highest BCUT2D eigenvalue weighted by Crippen LogP contribution is 2.26. The Labute approximate surface area is 113 Å². The largest absolute Gasteiger partial charge is 0.497 e. The number of fused-ring (bicyclic) bond motifs is 1. The second kappa shape index (κ2) is 6.38. The summed E-state index contributed by atoms with van der Waals surface area (Å²) in [5.74, 6) is 1.51. The van der Waals surface area contributed by atoms with Crippen molar-refractivity contribution in [2.75, 3.05) is 20.3 Å². The van der Waals surface area contributed by atoms with Crippen LogP contribution in [0.4, 0.5) is 0 Å². The lowest BCUT2D eigenvalue weighted by Gasteiger charge is -2.11. The van der Waals surface area contributed by atoms with Crippen molar-refractivity contribution in [1.82, 2.24) is 10.3 Å². The van der Waals surface area contributed by atoms with Crippen molar-refractivity contribution in [2.45, 2.75) is 19.9 Å². The minimum atomic E-state index is 0.466. The van der Waals surface area contributed by atoms with E-state index in [0.29, 0.717) is 18.5 Å². The summed E-state index contributed by atoms with van der Waals surface area (Å²) in [6.07, 6.45) is 1.76. The van der Waals surface area contributed by atoms with Gasteiger partial charge in [0.15, 0.2) is 0 Å². The highest BCUT2D eigenvalue weighted by atomic mass is 16.5. The summed E-state index contributed by atoms with van der Waals surface area (Å²) in [5.41, 5.74) is 0. The molecule has 102 valence electrons. The number of hydrogen-bond acceptors (Lipinski definition) is 4. The molecular weight excluding hydrogens is 240 g/mol. The minimum absolute atomic E-state index is 0.466. The van der Waals surface area contributed by atoms with Gasteiger partial charge >= 0.3 is 0 Å². The number of aromatic nitrogens is 1. The van der Waals surface area contributed by atoms with Crippen LogP contribution in [0.25, 0.3) is 10.8 Å². The van der Waals surface area contributed by atoms with Crippen LogP contribution in [-0.2, 0) is 0 Å². The van der Waals surface area contributed by atoms with Gasteiger partial charge in [-0.1, -0.05) is 13.8 Å². The number of ether oxygens (including phenoxy) is 2. The summed E-state index contributed by atoms with van der Waals surface area (Å²) in [6, 6.07) is 8.30. The summed E-state index contributed by atoms with van der Waals surface area (Å²) < 4.78 is 10.9. The zero-order chi connectivity index (χ0) is 13.7. The summed E-state index contributed by atoms with van der Waals surface area (Å²) in [4.78, 5) is 4.29. The maximum atomic E-state index is 5.73. The van der Waals surface area contributed by atoms with Gasteiger partial charge in [-0.25, -0.2) is 4.98 Å². The third kappa shape index (κ3) is 3.58. The van der Waals surface area contributed by atoms with E-state index in [0.717, 1.165) is 23.1 Å². The van der Waals surface area contributed by atoms with E-state index >= 15 is 0 Å². The van der Waals surface area contributed by atoms with Crippen molar-refractivity contribution in [3.8, 4) is 11.6 Å². The van der Waals surface area contributed by atoms with Crippen LogP contribution in [0.5, 0.6) is 11.6 Å². The summed E-state index contributed by atoms with van der Waals surface area (Å²) >= 11 is 0. The second-order valence-electron chi connectivity index (χ2n) is 4.66. The Morgan fingerprint density at radius 1 is 1.26 bits per heavy atom. The molecule has 1 N–H and O–H groups in total. The molecule has 1 aromatic carbocycles. The number of hydrogen-bond donors (Lipinski definition) is 1. The predicted molar refractivity (Wildman–Crippen MR) is 76.9 cm³/mol. The van der Waals surface area contributed by atoms with Crippen LogP contribution in [0.1, 0.15) is 13.8 Å². The zero-order valence-corrected chi connectivity index (χ0v) is 11.6. The molecule has 0 unspecified atom stereocenters. The van der Waals surface area contributed by atoms with E-state index in [1.165, 1.54) is 0 Å². The average molecular weight is 260 g/mol. The van der Waals surface area contributed by atoms with Crippen LogP contribution in [-0.4, -0.2) is 31.3 Å². The van der Waals surface area contributed by atoms with Gasteiger partial charge in [-0.2, -0.15) is 0 Å². The van der Waals surface area contributed by atoms with E-state index in [-0.39, 0.29) is 0 Å². The molecular formula is C15H20N2O2. The molecule has 4 heteroatoms. The normalized spacial score (nSPS) is 10.9. The lowest BCUT2D eigenvalue weighted by atomic mass is 10.1. The fraction of sp³-hybridized carbons (Fsp3) is 0.400. The molecule has 2 rings (SSSR count). The van der Waals surface area contributed by atoms with Crippen molar-refractivity contribution in [3.05, 3.63) is 30.5 Å². The van der Waals surface area contributed by atoms with Crippen molar-refractivity contribution in [3.63, 3.8) is 0 Å². The molecule has 0 aliphatic heterocycles. The van der Waals surface area contributed by atoms with Crippen LogP contribution in [0.2, 0.25) is 0 Å². The Kier molecular flexibility index (Phi) is 4.58. The average Bonchev–Trinajstić information content (AvgIpc) is 2.42. The van der Waals surface area contributed by atoms with Gasteiger partial charge < -0.3 is 14.8 Å². The molecule has 0 atom stereocenters. The molecule has 0 saturated carbocycles. The van der Waals surface area contributed by atoms with Crippen LogP contribution >= 0.6 is 0 Å². The van der Waals surface area contributed by atoms with Gasteiger partial charge in [-0.3, -0.25) is 0 Å². The van der Waals surface area contributed by atoms with E-state index in [9.17, 15) is 0 Å². The van der Waals surface area contributed by atoms with Crippen LogP contribution in [0.15, 0.2) is 30.5 Å². The fourth-order valence-corrected chi connectivity index (χ4v) is 1.87. The van der Waals surface area contributed by atoms with Gasteiger partial charge in [0.2, 0.25) is 5.88 Å². The van der Waals surface area contributed by atoms with Gasteiger partial charge in [0.25, 0.3) is 0 Å². The Morgan fingerprint density at radius 3 is 2.84 bits per heavy atom. The molecule has 1 aromatic heterocycles. The highest BCUT2D eigenvalue weighted by Gasteiger charge is 2.04. The number of methoxy groups -OCH3 is 1. The lowest BCUT2D eigenvalue weighted by molar-refractivity contribution is 0.301.